The molecule has 0 spiro atoms. The first-order valence-electron chi connectivity index (χ1n) is 10.1. The van der Waals surface area contributed by atoms with Gasteiger partial charge in [0, 0.05) is 24.7 Å². The smallest absolute Gasteiger partial charge is 0.339 e. The second-order valence-corrected chi connectivity index (χ2v) is 7.61. The van der Waals surface area contributed by atoms with E-state index in [1.807, 2.05) is 44.2 Å². The predicted octanol–water partition coefficient (Wildman–Crippen LogP) is 2.78. The highest BCUT2D eigenvalue weighted by Gasteiger charge is 2.32. The lowest BCUT2D eigenvalue weighted by Gasteiger charge is -2.18. The Morgan fingerprint density at radius 1 is 1.16 bits per heavy atom. The SMILES string of the molecule is CC(C)n1ncc2c(C(=O)O[C@H](C)C(=O)N3CCNC3=O)cc(-c3ccccc3)nc21. The van der Waals surface area contributed by atoms with E-state index in [9.17, 15) is 14.4 Å². The first kappa shape index (κ1) is 20.5. The Kier molecular flexibility index (Phi) is 5.41. The molecule has 0 radical (unpaired) electrons. The number of hydrogen-bond donors (Lipinski definition) is 1. The molecule has 9 nitrogen and oxygen atoms in total. The van der Waals surface area contributed by atoms with Crippen LogP contribution in [0.2, 0.25) is 0 Å². The Morgan fingerprint density at radius 3 is 2.55 bits per heavy atom. The fourth-order valence-electron chi connectivity index (χ4n) is 3.50. The number of nitrogens with zero attached hydrogens (tertiary/aromatic N) is 4. The fraction of sp³-hybridized carbons (Fsp3) is 0.318. The van der Waals surface area contributed by atoms with Gasteiger partial charge in [-0.1, -0.05) is 30.3 Å². The van der Waals surface area contributed by atoms with Crippen LogP contribution in [-0.2, 0) is 9.53 Å². The van der Waals surface area contributed by atoms with Crippen LogP contribution < -0.4 is 5.32 Å². The fourth-order valence-corrected chi connectivity index (χ4v) is 3.50. The molecule has 1 N–H and O–H groups in total. The monoisotopic (exact) mass is 421 g/mol. The van der Waals surface area contributed by atoms with E-state index in [0.717, 1.165) is 10.5 Å². The topological polar surface area (TPSA) is 106 Å². The molecule has 1 atom stereocenters. The summed E-state index contributed by atoms with van der Waals surface area (Å²) in [5, 5.41) is 7.48. The molecule has 0 aliphatic carbocycles. The Bertz CT molecular complexity index is 1160. The maximum Gasteiger partial charge on any atom is 0.339 e. The van der Waals surface area contributed by atoms with Crippen molar-refractivity contribution in [3.63, 3.8) is 0 Å². The molecule has 9 heteroatoms. The maximum atomic E-state index is 13.1. The summed E-state index contributed by atoms with van der Waals surface area (Å²) < 4.78 is 7.19. The predicted molar refractivity (Wildman–Crippen MR) is 113 cm³/mol. The van der Waals surface area contributed by atoms with E-state index in [2.05, 4.69) is 10.4 Å². The van der Waals surface area contributed by atoms with Crippen LogP contribution in [0.1, 0.15) is 37.2 Å². The third-order valence-corrected chi connectivity index (χ3v) is 5.10. The zero-order valence-electron chi connectivity index (χ0n) is 17.5. The standard InChI is InChI=1S/C22H23N5O4/c1-13(2)27-19-17(12-24-27)16(11-18(25-19)15-7-5-4-6-8-15)21(29)31-14(3)20(28)26-10-9-23-22(26)30/h4-8,11-14H,9-10H2,1-3H3,(H,23,30)/t14-/m1/s1. The van der Waals surface area contributed by atoms with Crippen molar-refractivity contribution in [3.8, 4) is 11.3 Å². The minimum absolute atomic E-state index is 0.0362. The number of carbonyl (C=O) groups is 3. The molecular weight excluding hydrogens is 398 g/mol. The molecule has 2 aromatic heterocycles. The van der Waals surface area contributed by atoms with Crippen LogP contribution in [0, 0.1) is 0 Å². The van der Waals surface area contributed by atoms with Crippen LogP contribution in [0.25, 0.3) is 22.3 Å². The molecule has 1 aromatic carbocycles. The highest BCUT2D eigenvalue weighted by Crippen LogP contribution is 2.27. The van der Waals surface area contributed by atoms with E-state index < -0.39 is 24.0 Å². The average Bonchev–Trinajstić information content (AvgIpc) is 3.39. The number of benzene rings is 1. The van der Waals surface area contributed by atoms with Crippen LogP contribution in [0.15, 0.2) is 42.6 Å². The van der Waals surface area contributed by atoms with E-state index in [1.54, 1.807) is 16.9 Å². The summed E-state index contributed by atoms with van der Waals surface area (Å²) in [6.45, 7) is 6.04. The van der Waals surface area contributed by atoms with Crippen LogP contribution in [0.3, 0.4) is 0 Å². The van der Waals surface area contributed by atoms with Gasteiger partial charge in [0.15, 0.2) is 11.8 Å². The Labute approximate surface area is 179 Å². The summed E-state index contributed by atoms with van der Waals surface area (Å²) in [5.41, 5.74) is 2.26. The first-order chi connectivity index (χ1) is 14.9. The molecule has 0 unspecified atom stereocenters. The van der Waals surface area contributed by atoms with Crippen molar-refractivity contribution in [1.29, 1.82) is 0 Å². The largest absolute Gasteiger partial charge is 0.449 e. The van der Waals surface area contributed by atoms with Gasteiger partial charge in [-0.25, -0.2) is 19.3 Å². The number of esters is 1. The van der Waals surface area contributed by atoms with Gasteiger partial charge in [-0.15, -0.1) is 0 Å². The van der Waals surface area contributed by atoms with Crippen molar-refractivity contribution in [2.24, 2.45) is 0 Å². The number of pyridine rings is 1. The Balaban J connectivity index is 1.71. The lowest BCUT2D eigenvalue weighted by molar-refractivity contribution is -0.136. The third-order valence-electron chi connectivity index (χ3n) is 5.10. The number of amides is 3. The summed E-state index contributed by atoms with van der Waals surface area (Å²) in [7, 11) is 0. The van der Waals surface area contributed by atoms with E-state index in [-0.39, 0.29) is 18.2 Å². The lowest BCUT2D eigenvalue weighted by atomic mass is 10.1. The minimum Gasteiger partial charge on any atom is -0.449 e. The number of nitrogens with one attached hydrogen (secondary N) is 1. The molecule has 4 rings (SSSR count). The number of carbonyl (C=O) groups excluding carboxylic acids is 3. The lowest BCUT2D eigenvalue weighted by Crippen LogP contribution is -2.41. The first-order valence-corrected chi connectivity index (χ1v) is 10.1. The van der Waals surface area contributed by atoms with E-state index in [0.29, 0.717) is 23.3 Å². The zero-order chi connectivity index (χ0) is 22.1. The highest BCUT2D eigenvalue weighted by atomic mass is 16.5. The molecule has 31 heavy (non-hydrogen) atoms. The average molecular weight is 421 g/mol. The molecule has 3 amide bonds. The van der Waals surface area contributed by atoms with Gasteiger partial charge in [-0.3, -0.25) is 9.69 Å². The number of imide groups is 1. The van der Waals surface area contributed by atoms with Crippen molar-refractivity contribution < 1.29 is 19.1 Å². The molecule has 3 aromatic rings. The maximum absolute atomic E-state index is 13.1. The van der Waals surface area contributed by atoms with Crippen molar-refractivity contribution >= 4 is 28.9 Å². The zero-order valence-corrected chi connectivity index (χ0v) is 17.5. The molecule has 0 saturated carbocycles. The van der Waals surface area contributed by atoms with Gasteiger partial charge < -0.3 is 10.1 Å². The summed E-state index contributed by atoms with van der Waals surface area (Å²) in [4.78, 5) is 43.1. The Hall–Kier alpha value is -3.75. The molecule has 0 bridgehead atoms. The highest BCUT2D eigenvalue weighted by molar-refractivity contribution is 6.05. The summed E-state index contributed by atoms with van der Waals surface area (Å²) in [6, 6.07) is 10.7. The van der Waals surface area contributed by atoms with Crippen LogP contribution in [0.4, 0.5) is 4.79 Å². The van der Waals surface area contributed by atoms with Gasteiger partial charge >= 0.3 is 12.0 Å². The van der Waals surface area contributed by atoms with Gasteiger partial charge in [0.25, 0.3) is 5.91 Å². The summed E-state index contributed by atoms with van der Waals surface area (Å²) in [5.74, 6) is -1.23. The van der Waals surface area contributed by atoms with Crippen molar-refractivity contribution in [3.05, 3.63) is 48.2 Å². The molecule has 1 aliphatic heterocycles. The van der Waals surface area contributed by atoms with Crippen molar-refractivity contribution in [2.75, 3.05) is 13.1 Å². The normalized spacial score (nSPS) is 14.7. The van der Waals surface area contributed by atoms with Crippen LogP contribution >= 0.6 is 0 Å². The third kappa shape index (κ3) is 3.86. The Morgan fingerprint density at radius 2 is 1.90 bits per heavy atom. The number of rotatable bonds is 5. The van der Waals surface area contributed by atoms with E-state index in [1.165, 1.54) is 6.92 Å². The second-order valence-electron chi connectivity index (χ2n) is 7.61. The molecule has 1 aliphatic rings. The van der Waals surface area contributed by atoms with Crippen molar-refractivity contribution in [2.45, 2.75) is 32.9 Å². The number of fused-ring (bicyclic) bond motifs is 1. The summed E-state index contributed by atoms with van der Waals surface area (Å²) in [6.07, 6.45) is 0.466. The molecule has 160 valence electrons. The molecule has 1 fully saturated rings. The van der Waals surface area contributed by atoms with Crippen LogP contribution in [-0.4, -0.2) is 56.8 Å². The number of ether oxygens (including phenoxy) is 1. The van der Waals surface area contributed by atoms with Gasteiger partial charge in [-0.05, 0) is 26.8 Å². The van der Waals surface area contributed by atoms with Gasteiger partial charge in [0.05, 0.1) is 22.8 Å². The number of urea groups is 1. The van der Waals surface area contributed by atoms with Crippen LogP contribution in [0.5, 0.6) is 0 Å². The van der Waals surface area contributed by atoms with Gasteiger partial charge in [0.1, 0.15) is 0 Å². The molecule has 1 saturated heterocycles. The van der Waals surface area contributed by atoms with E-state index >= 15 is 0 Å². The second kappa shape index (κ2) is 8.17. The molecule has 3 heterocycles. The number of aromatic nitrogens is 3. The minimum atomic E-state index is -1.11. The number of hydrogen-bond acceptors (Lipinski definition) is 6. The van der Waals surface area contributed by atoms with Gasteiger partial charge in [-0.2, -0.15) is 5.10 Å². The quantitative estimate of drug-likeness (QED) is 0.635. The van der Waals surface area contributed by atoms with E-state index in [4.69, 9.17) is 9.72 Å². The van der Waals surface area contributed by atoms with Gasteiger partial charge in [0.2, 0.25) is 0 Å². The van der Waals surface area contributed by atoms with Crippen molar-refractivity contribution in [1.82, 2.24) is 25.0 Å². The molecular formula is C22H23N5O4. The summed E-state index contributed by atoms with van der Waals surface area (Å²) >= 11 is 0.